The van der Waals surface area contributed by atoms with Gasteiger partial charge in [-0.3, -0.25) is 9.59 Å². The van der Waals surface area contributed by atoms with Gasteiger partial charge in [0.2, 0.25) is 5.88 Å². The van der Waals surface area contributed by atoms with E-state index in [0.717, 1.165) is 0 Å². The average molecular weight is 535 g/mol. The first-order valence-electron chi connectivity index (χ1n) is 11.4. The van der Waals surface area contributed by atoms with Gasteiger partial charge in [0.25, 0.3) is 11.8 Å². The van der Waals surface area contributed by atoms with E-state index in [1.165, 1.54) is 30.2 Å². The van der Waals surface area contributed by atoms with Gasteiger partial charge < -0.3 is 26.2 Å². The van der Waals surface area contributed by atoms with Gasteiger partial charge in [-0.15, -0.1) is 0 Å². The molecule has 1 aromatic carbocycles. The Morgan fingerprint density at radius 1 is 1.18 bits per heavy atom. The lowest BCUT2D eigenvalue weighted by Crippen LogP contribution is -2.26. The molecule has 38 heavy (non-hydrogen) atoms. The molecule has 0 saturated heterocycles. The lowest BCUT2D eigenvalue weighted by atomic mass is 10.1. The highest BCUT2D eigenvalue weighted by atomic mass is 35.5. The van der Waals surface area contributed by atoms with Crippen molar-refractivity contribution in [3.8, 4) is 23.2 Å². The Kier molecular flexibility index (Phi) is 8.00. The summed E-state index contributed by atoms with van der Waals surface area (Å²) in [5.41, 5.74) is 8.11. The number of ether oxygens (including phenoxy) is 1. The molecule has 4 rings (SSSR count). The van der Waals surface area contributed by atoms with Crippen molar-refractivity contribution in [3.63, 3.8) is 0 Å². The largest absolute Gasteiger partial charge is 0.480 e. The van der Waals surface area contributed by atoms with E-state index in [-0.39, 0.29) is 47.9 Å². The minimum atomic E-state index is -0.790. The number of amides is 2. The molecule has 0 fully saturated rings. The summed E-state index contributed by atoms with van der Waals surface area (Å²) in [6.07, 6.45) is 2.18. The van der Waals surface area contributed by atoms with E-state index in [2.05, 4.69) is 25.7 Å². The number of aliphatic hydroxyl groups excluding tert-OH is 1. The molecule has 1 unspecified atom stereocenters. The summed E-state index contributed by atoms with van der Waals surface area (Å²) >= 11 is 5.89. The van der Waals surface area contributed by atoms with Crippen LogP contribution in [0.3, 0.4) is 0 Å². The van der Waals surface area contributed by atoms with Gasteiger partial charge in [0.05, 0.1) is 30.5 Å². The monoisotopic (exact) mass is 534 g/mol. The molecular formula is C25H23ClN8O4. The van der Waals surface area contributed by atoms with Crippen LogP contribution in [0.25, 0.3) is 16.8 Å². The van der Waals surface area contributed by atoms with E-state index in [4.69, 9.17) is 27.3 Å². The maximum Gasteiger partial charge on any atom is 0.256 e. The normalized spacial score (nSPS) is 11.5. The fraction of sp³-hybridized carbons (Fsp3) is 0.200. The van der Waals surface area contributed by atoms with E-state index in [1.54, 1.807) is 30.3 Å². The lowest BCUT2D eigenvalue weighted by molar-refractivity contribution is 0.0935. The van der Waals surface area contributed by atoms with Gasteiger partial charge in [-0.1, -0.05) is 23.7 Å². The molecule has 194 valence electrons. The Morgan fingerprint density at radius 3 is 2.63 bits per heavy atom. The summed E-state index contributed by atoms with van der Waals surface area (Å²) in [4.78, 5) is 33.9. The summed E-state index contributed by atoms with van der Waals surface area (Å²) in [6, 6.07) is 11.7. The van der Waals surface area contributed by atoms with Crippen LogP contribution >= 0.6 is 11.6 Å². The molecule has 5 N–H and O–H groups in total. The van der Waals surface area contributed by atoms with Crippen LogP contribution in [-0.2, 0) is 0 Å². The number of methoxy groups -OCH3 is 1. The highest BCUT2D eigenvalue weighted by molar-refractivity contribution is 6.30. The highest BCUT2D eigenvalue weighted by Gasteiger charge is 2.22. The van der Waals surface area contributed by atoms with Crippen molar-refractivity contribution in [1.29, 1.82) is 5.26 Å². The molecule has 3 heterocycles. The molecule has 0 aliphatic carbocycles. The maximum atomic E-state index is 13.0. The van der Waals surface area contributed by atoms with Crippen molar-refractivity contribution < 1.29 is 19.4 Å². The summed E-state index contributed by atoms with van der Waals surface area (Å²) in [5.74, 6) is -0.851. The van der Waals surface area contributed by atoms with Crippen LogP contribution in [0.5, 0.6) is 5.88 Å². The Bertz CT molecular complexity index is 1530. The predicted octanol–water partition coefficient (Wildman–Crippen LogP) is 2.14. The second kappa shape index (κ2) is 11.5. The van der Waals surface area contributed by atoms with Gasteiger partial charge in [-0.05, 0) is 36.2 Å². The smallest absolute Gasteiger partial charge is 0.256 e. The van der Waals surface area contributed by atoms with Gasteiger partial charge in [0, 0.05) is 23.3 Å². The number of hydrogen-bond acceptors (Lipinski definition) is 9. The topological polar surface area (TPSA) is 181 Å². The summed E-state index contributed by atoms with van der Waals surface area (Å²) in [5, 5.41) is 29.2. The second-order valence-corrected chi connectivity index (χ2v) is 8.52. The van der Waals surface area contributed by atoms with Crippen LogP contribution in [0, 0.1) is 11.3 Å². The molecule has 0 radical (unpaired) electrons. The summed E-state index contributed by atoms with van der Waals surface area (Å²) < 4.78 is 6.69. The van der Waals surface area contributed by atoms with Crippen molar-refractivity contribution in [3.05, 3.63) is 70.6 Å². The number of rotatable bonds is 9. The molecule has 0 spiro atoms. The summed E-state index contributed by atoms with van der Waals surface area (Å²) in [7, 11) is 1.39. The third-order valence-corrected chi connectivity index (χ3v) is 5.95. The third-order valence-electron chi connectivity index (χ3n) is 5.70. The highest BCUT2D eigenvalue weighted by Crippen LogP contribution is 2.30. The maximum absolute atomic E-state index is 13.0. The SMILES string of the molecule is COc1ncc(-c2cc(C(=O)NCC#N)c3c(N)ncnn23)cc1C(=O)NCCC(O)c1ccc(Cl)cc1. The number of nitriles is 1. The number of carbonyl (C=O) groups is 2. The van der Waals surface area contributed by atoms with Gasteiger partial charge in [0.15, 0.2) is 5.82 Å². The van der Waals surface area contributed by atoms with Crippen LogP contribution in [0.4, 0.5) is 5.82 Å². The number of anilines is 1. The molecule has 0 bridgehead atoms. The first kappa shape index (κ1) is 26.3. The lowest BCUT2D eigenvalue weighted by Gasteiger charge is -2.13. The van der Waals surface area contributed by atoms with E-state index in [0.29, 0.717) is 21.8 Å². The number of nitrogen functional groups attached to an aromatic ring is 1. The molecule has 3 aromatic heterocycles. The molecule has 4 aromatic rings. The fourth-order valence-electron chi connectivity index (χ4n) is 3.85. The fourth-order valence-corrected chi connectivity index (χ4v) is 3.97. The zero-order valence-electron chi connectivity index (χ0n) is 20.2. The zero-order valence-corrected chi connectivity index (χ0v) is 20.9. The van der Waals surface area contributed by atoms with Crippen LogP contribution in [0.2, 0.25) is 5.02 Å². The number of fused-ring (bicyclic) bond motifs is 1. The molecule has 13 heteroatoms. The zero-order chi connectivity index (χ0) is 27.2. The van der Waals surface area contributed by atoms with Crippen LogP contribution in [0.15, 0.2) is 48.9 Å². The predicted molar refractivity (Wildman–Crippen MR) is 138 cm³/mol. The number of nitrogens with two attached hydrogens (primary N) is 1. The number of halogens is 1. The van der Waals surface area contributed by atoms with Crippen molar-refractivity contribution >= 4 is 34.7 Å². The van der Waals surface area contributed by atoms with Gasteiger partial charge in [-0.2, -0.15) is 10.4 Å². The van der Waals surface area contributed by atoms with Crippen molar-refractivity contribution in [2.45, 2.75) is 12.5 Å². The number of carbonyl (C=O) groups excluding carboxylic acids is 2. The van der Waals surface area contributed by atoms with Crippen molar-refractivity contribution in [2.75, 3.05) is 25.9 Å². The molecule has 12 nitrogen and oxygen atoms in total. The van der Waals surface area contributed by atoms with E-state index in [9.17, 15) is 14.7 Å². The van der Waals surface area contributed by atoms with E-state index >= 15 is 0 Å². The first-order chi connectivity index (χ1) is 18.3. The molecular weight excluding hydrogens is 512 g/mol. The molecule has 1 atom stereocenters. The number of benzene rings is 1. The van der Waals surface area contributed by atoms with Gasteiger partial charge in [-0.25, -0.2) is 14.5 Å². The number of hydrogen-bond donors (Lipinski definition) is 4. The average Bonchev–Trinajstić information content (AvgIpc) is 3.32. The van der Waals surface area contributed by atoms with Crippen molar-refractivity contribution in [1.82, 2.24) is 30.2 Å². The Balaban J connectivity index is 1.60. The Hall–Kier alpha value is -4.73. The van der Waals surface area contributed by atoms with Gasteiger partial charge in [0.1, 0.15) is 24.0 Å². The minimum Gasteiger partial charge on any atom is -0.480 e. The quantitative estimate of drug-likeness (QED) is 0.234. The minimum absolute atomic E-state index is 0.0621. The standard InChI is InChI=1S/C25H23ClN8O4/c1-38-25-18(24(37)29-8-6-20(35)14-2-4-16(26)5-3-14)10-15(12-31-25)19-11-17(23(36)30-9-7-27)21-22(28)32-13-33-34(19)21/h2-5,10-13,20,35H,6,8-9H2,1H3,(H,29,37)(H,30,36)(H2,28,32,33). The number of nitrogens with zero attached hydrogens (tertiary/aromatic N) is 5. The number of nitrogens with one attached hydrogen (secondary N) is 2. The molecule has 0 aliphatic heterocycles. The molecule has 0 aliphatic rings. The van der Waals surface area contributed by atoms with Crippen LogP contribution in [0.1, 0.15) is 38.8 Å². The van der Waals surface area contributed by atoms with E-state index < -0.39 is 17.9 Å². The summed E-state index contributed by atoms with van der Waals surface area (Å²) in [6.45, 7) is -0.0166. The van der Waals surface area contributed by atoms with Gasteiger partial charge >= 0.3 is 0 Å². The van der Waals surface area contributed by atoms with E-state index in [1.807, 2.05) is 6.07 Å². The van der Waals surface area contributed by atoms with Crippen LogP contribution in [-0.4, -0.2) is 56.7 Å². The molecule has 2 amide bonds. The number of aromatic nitrogens is 4. The third kappa shape index (κ3) is 5.49. The van der Waals surface area contributed by atoms with Crippen molar-refractivity contribution in [2.24, 2.45) is 0 Å². The number of pyridine rings is 1. The Labute approximate surface area is 222 Å². The number of aliphatic hydroxyl groups is 1. The molecule has 0 saturated carbocycles. The Morgan fingerprint density at radius 2 is 1.92 bits per heavy atom. The van der Waals surface area contributed by atoms with Crippen LogP contribution < -0.4 is 21.1 Å². The second-order valence-electron chi connectivity index (χ2n) is 8.08. The first-order valence-corrected chi connectivity index (χ1v) is 11.7.